The molecule has 2 heterocycles. The summed E-state index contributed by atoms with van der Waals surface area (Å²) in [4.78, 5) is 13.2. The number of hydrogen-bond donors (Lipinski definition) is 1. The topological polar surface area (TPSA) is 110 Å². The highest BCUT2D eigenvalue weighted by molar-refractivity contribution is 7.89. The Balaban J connectivity index is 1.24. The van der Waals surface area contributed by atoms with E-state index in [2.05, 4.69) is 20.8 Å². The number of piperidine rings is 1. The van der Waals surface area contributed by atoms with Gasteiger partial charge in [-0.15, -0.1) is 5.10 Å². The quantitative estimate of drug-likeness (QED) is 0.579. The van der Waals surface area contributed by atoms with Crippen LogP contribution in [0.4, 0.5) is 10.1 Å². The molecule has 0 unspecified atom stereocenters. The number of anilines is 1. The monoisotopic (exact) mass is 498 g/mol. The lowest BCUT2D eigenvalue weighted by Crippen LogP contribution is -2.41. The van der Waals surface area contributed by atoms with Crippen LogP contribution in [-0.4, -0.2) is 51.9 Å². The lowest BCUT2D eigenvalue weighted by Gasteiger charge is -2.31. The van der Waals surface area contributed by atoms with E-state index in [1.807, 2.05) is 12.1 Å². The van der Waals surface area contributed by atoms with Crippen molar-refractivity contribution in [3.8, 4) is 5.69 Å². The Morgan fingerprint density at radius 3 is 2.51 bits per heavy atom. The van der Waals surface area contributed by atoms with E-state index in [1.54, 1.807) is 13.0 Å². The van der Waals surface area contributed by atoms with Crippen LogP contribution in [0, 0.1) is 18.7 Å². The molecule has 1 amide bonds. The molecular weight excluding hydrogens is 471 g/mol. The van der Waals surface area contributed by atoms with Crippen LogP contribution in [0.2, 0.25) is 0 Å². The summed E-state index contributed by atoms with van der Waals surface area (Å²) in [6, 6.07) is 9.69. The second kappa shape index (κ2) is 9.46. The Bertz CT molecular complexity index is 1370. The van der Waals surface area contributed by atoms with E-state index in [4.69, 9.17) is 0 Å². The molecule has 2 aromatic carbocycles. The van der Waals surface area contributed by atoms with Gasteiger partial charge in [0.2, 0.25) is 15.9 Å². The number of sulfonamides is 1. The van der Waals surface area contributed by atoms with E-state index in [9.17, 15) is 17.6 Å². The minimum atomic E-state index is -3.62. The maximum absolute atomic E-state index is 14.4. The number of aromatic nitrogens is 4. The van der Waals surface area contributed by atoms with Crippen LogP contribution in [0.5, 0.6) is 0 Å². The second-order valence-corrected chi connectivity index (χ2v) is 11.0. The van der Waals surface area contributed by atoms with Gasteiger partial charge in [0, 0.05) is 19.0 Å². The number of nitrogens with zero attached hydrogens (tertiary/aromatic N) is 5. The summed E-state index contributed by atoms with van der Waals surface area (Å²) < 4.78 is 43.7. The number of aryl methyl sites for hydroxylation is 3. The van der Waals surface area contributed by atoms with Gasteiger partial charge in [-0.05, 0) is 97.3 Å². The molecule has 11 heteroatoms. The molecule has 184 valence electrons. The van der Waals surface area contributed by atoms with Crippen molar-refractivity contribution >= 4 is 21.6 Å². The van der Waals surface area contributed by atoms with Gasteiger partial charge in [0.1, 0.15) is 5.82 Å². The van der Waals surface area contributed by atoms with Crippen LogP contribution in [0.1, 0.15) is 42.6 Å². The van der Waals surface area contributed by atoms with E-state index < -0.39 is 21.8 Å². The Morgan fingerprint density at radius 2 is 1.80 bits per heavy atom. The van der Waals surface area contributed by atoms with Gasteiger partial charge in [0.15, 0.2) is 5.82 Å². The zero-order valence-corrected chi connectivity index (χ0v) is 20.3. The summed E-state index contributed by atoms with van der Waals surface area (Å²) in [6.07, 6.45) is 4.85. The molecule has 0 bridgehead atoms. The van der Waals surface area contributed by atoms with Crippen LogP contribution in [0.25, 0.3) is 5.69 Å². The largest absolute Gasteiger partial charge is 0.323 e. The molecule has 2 aliphatic rings. The molecule has 9 nitrogen and oxygen atoms in total. The van der Waals surface area contributed by atoms with E-state index >= 15 is 0 Å². The highest BCUT2D eigenvalue weighted by Gasteiger charge is 2.33. The smallest absolute Gasteiger partial charge is 0.243 e. The average Bonchev–Trinajstić information content (AvgIpc) is 3.31. The van der Waals surface area contributed by atoms with Crippen molar-refractivity contribution in [2.24, 2.45) is 5.92 Å². The molecule has 35 heavy (non-hydrogen) atoms. The maximum Gasteiger partial charge on any atom is 0.243 e. The van der Waals surface area contributed by atoms with Crippen LogP contribution in [-0.2, 0) is 27.7 Å². The Kier molecular flexibility index (Phi) is 6.37. The van der Waals surface area contributed by atoms with Crippen molar-refractivity contribution < 1.29 is 17.6 Å². The first-order valence-corrected chi connectivity index (χ1v) is 13.2. The molecule has 1 N–H and O–H groups in total. The van der Waals surface area contributed by atoms with Crippen molar-refractivity contribution in [1.29, 1.82) is 0 Å². The number of rotatable bonds is 5. The zero-order chi connectivity index (χ0) is 24.6. The highest BCUT2D eigenvalue weighted by Crippen LogP contribution is 2.29. The molecule has 1 aliphatic carbocycles. The van der Waals surface area contributed by atoms with Gasteiger partial charge >= 0.3 is 0 Å². The molecule has 0 spiro atoms. The SMILES string of the molecule is Cc1nnnn1-c1ccc(F)c(NC(=O)C2CCN(S(=O)(=O)c3ccc4c(c3)CCCC4)CC2)c1. The van der Waals surface area contributed by atoms with Gasteiger partial charge in [-0.2, -0.15) is 8.99 Å². The molecule has 0 radical (unpaired) electrons. The third kappa shape index (κ3) is 4.70. The summed E-state index contributed by atoms with van der Waals surface area (Å²) in [5.74, 6) is -0.787. The Labute approximate surface area is 203 Å². The minimum absolute atomic E-state index is 0.0338. The first-order chi connectivity index (χ1) is 16.8. The highest BCUT2D eigenvalue weighted by atomic mass is 32.2. The number of carbonyl (C=O) groups is 1. The Hall–Kier alpha value is -3.18. The van der Waals surface area contributed by atoms with Crippen LogP contribution < -0.4 is 5.32 Å². The van der Waals surface area contributed by atoms with Crippen molar-refractivity contribution in [2.75, 3.05) is 18.4 Å². The number of fused-ring (bicyclic) bond motifs is 1. The van der Waals surface area contributed by atoms with E-state index in [0.717, 1.165) is 31.2 Å². The number of benzene rings is 2. The van der Waals surface area contributed by atoms with E-state index in [0.29, 0.717) is 29.2 Å². The fourth-order valence-electron chi connectivity index (χ4n) is 4.82. The van der Waals surface area contributed by atoms with E-state index in [1.165, 1.54) is 32.7 Å². The molecule has 0 atom stereocenters. The number of amides is 1. The van der Waals surface area contributed by atoms with Crippen LogP contribution in [0.15, 0.2) is 41.3 Å². The van der Waals surface area contributed by atoms with Gasteiger partial charge in [-0.25, -0.2) is 12.8 Å². The maximum atomic E-state index is 14.4. The fraction of sp³-hybridized carbons (Fsp3) is 0.417. The molecule has 1 fully saturated rings. The predicted molar refractivity (Wildman–Crippen MR) is 127 cm³/mol. The minimum Gasteiger partial charge on any atom is -0.323 e. The van der Waals surface area contributed by atoms with Gasteiger partial charge in [0.05, 0.1) is 16.3 Å². The van der Waals surface area contributed by atoms with E-state index in [-0.39, 0.29) is 24.7 Å². The lowest BCUT2D eigenvalue weighted by atomic mass is 9.92. The number of tetrazole rings is 1. The van der Waals surface area contributed by atoms with Crippen molar-refractivity contribution in [3.63, 3.8) is 0 Å². The third-order valence-corrected chi connectivity index (χ3v) is 8.75. The number of nitrogens with one attached hydrogen (secondary N) is 1. The Morgan fingerprint density at radius 1 is 1.06 bits per heavy atom. The summed E-state index contributed by atoms with van der Waals surface area (Å²) in [5.41, 5.74) is 2.91. The standard InChI is InChI=1S/C24H27FN6O3S/c1-16-27-28-29-31(16)20-7-9-22(25)23(15-20)26-24(32)18-10-12-30(13-11-18)35(33,34)21-8-6-17-4-2-3-5-19(17)14-21/h6-9,14-15,18H,2-5,10-13H2,1H3,(H,26,32). The molecule has 1 aliphatic heterocycles. The lowest BCUT2D eigenvalue weighted by molar-refractivity contribution is -0.120. The van der Waals surface area contributed by atoms with Crippen LogP contribution in [0.3, 0.4) is 0 Å². The van der Waals surface area contributed by atoms with Gasteiger partial charge in [-0.3, -0.25) is 4.79 Å². The summed E-state index contributed by atoms with van der Waals surface area (Å²) >= 11 is 0. The van der Waals surface area contributed by atoms with Gasteiger partial charge < -0.3 is 5.32 Å². The molecule has 5 rings (SSSR count). The first-order valence-electron chi connectivity index (χ1n) is 11.8. The van der Waals surface area contributed by atoms with Crippen molar-refractivity contribution in [2.45, 2.75) is 50.3 Å². The van der Waals surface area contributed by atoms with Crippen molar-refractivity contribution in [3.05, 3.63) is 59.2 Å². The molecule has 0 saturated carbocycles. The molecule has 1 saturated heterocycles. The number of carbonyl (C=O) groups excluding carboxylic acids is 1. The number of hydrogen-bond acceptors (Lipinski definition) is 6. The van der Waals surface area contributed by atoms with Gasteiger partial charge in [0.25, 0.3) is 0 Å². The first kappa shape index (κ1) is 23.6. The zero-order valence-electron chi connectivity index (χ0n) is 19.4. The second-order valence-electron chi connectivity index (χ2n) is 9.11. The summed E-state index contributed by atoms with van der Waals surface area (Å²) in [6.45, 7) is 2.20. The molecular formula is C24H27FN6O3S. The number of halogens is 1. The average molecular weight is 499 g/mol. The van der Waals surface area contributed by atoms with Crippen LogP contribution >= 0.6 is 0 Å². The fourth-order valence-corrected chi connectivity index (χ4v) is 6.34. The molecule has 1 aromatic heterocycles. The third-order valence-electron chi connectivity index (χ3n) is 6.86. The van der Waals surface area contributed by atoms with Crippen molar-refractivity contribution in [1.82, 2.24) is 24.5 Å². The summed E-state index contributed by atoms with van der Waals surface area (Å²) in [7, 11) is -3.62. The van der Waals surface area contributed by atoms with Gasteiger partial charge in [-0.1, -0.05) is 6.07 Å². The molecule has 3 aromatic rings. The predicted octanol–water partition coefficient (Wildman–Crippen LogP) is 3.03. The normalized spacial score (nSPS) is 17.2. The summed E-state index contributed by atoms with van der Waals surface area (Å²) in [5, 5.41) is 13.9.